The molecule has 0 amide bonds. The molecule has 0 saturated carbocycles. The molecule has 1 fully saturated rings. The lowest BCUT2D eigenvalue weighted by atomic mass is 10.1. The van der Waals surface area contributed by atoms with Crippen LogP contribution in [0, 0.1) is 6.92 Å². The number of aromatic nitrogens is 1. The molecule has 1 aliphatic heterocycles. The minimum Gasteiger partial charge on any atom is -0.387 e. The fraction of sp³-hybridized carbons (Fsp3) is 0.591. The molecular weight excluding hydrogens is 366 g/mol. The van der Waals surface area contributed by atoms with Gasteiger partial charge in [0.2, 0.25) is 0 Å². The molecule has 2 aromatic rings. The smallest absolute Gasteiger partial charge is 0.191 e. The Labute approximate surface area is 173 Å². The third kappa shape index (κ3) is 6.19. The van der Waals surface area contributed by atoms with Crippen molar-refractivity contribution >= 4 is 16.9 Å². The van der Waals surface area contributed by atoms with Gasteiger partial charge in [0.1, 0.15) is 0 Å². The zero-order chi connectivity index (χ0) is 20.7. The molecule has 1 aliphatic rings. The van der Waals surface area contributed by atoms with Crippen LogP contribution in [0.2, 0.25) is 0 Å². The van der Waals surface area contributed by atoms with E-state index in [1.807, 2.05) is 13.8 Å². The molecule has 29 heavy (non-hydrogen) atoms. The first-order valence-corrected chi connectivity index (χ1v) is 10.6. The van der Waals surface area contributed by atoms with Gasteiger partial charge in [0.05, 0.1) is 25.4 Å². The molecule has 1 atom stereocenters. The van der Waals surface area contributed by atoms with Gasteiger partial charge in [-0.1, -0.05) is 18.2 Å². The summed E-state index contributed by atoms with van der Waals surface area (Å²) in [5.41, 5.74) is 2.90. The number of aliphatic hydroxyl groups is 1. The molecule has 1 saturated heterocycles. The van der Waals surface area contributed by atoms with Crippen molar-refractivity contribution in [2.24, 2.45) is 4.99 Å². The predicted octanol–water partition coefficient (Wildman–Crippen LogP) is 1.66. The van der Waals surface area contributed by atoms with E-state index in [2.05, 4.69) is 56.8 Å². The van der Waals surface area contributed by atoms with Crippen LogP contribution in [0.3, 0.4) is 0 Å². The Bertz CT molecular complexity index is 809. The lowest BCUT2D eigenvalue weighted by Crippen LogP contribution is -2.48. The van der Waals surface area contributed by atoms with Crippen molar-refractivity contribution in [2.75, 3.05) is 52.5 Å². The summed E-state index contributed by atoms with van der Waals surface area (Å²) >= 11 is 0. The zero-order valence-electron chi connectivity index (χ0n) is 17.9. The summed E-state index contributed by atoms with van der Waals surface area (Å²) in [7, 11) is 0. The second-order valence-corrected chi connectivity index (χ2v) is 8.07. The van der Waals surface area contributed by atoms with Gasteiger partial charge in [-0.25, -0.2) is 0 Å². The Morgan fingerprint density at radius 3 is 2.86 bits per heavy atom. The zero-order valence-corrected chi connectivity index (χ0v) is 17.9. The number of nitrogens with one attached hydrogen (secondary N) is 3. The average Bonchev–Trinajstić information content (AvgIpc) is 3.11. The molecule has 4 N–H and O–H groups in total. The van der Waals surface area contributed by atoms with Crippen LogP contribution in [0.4, 0.5) is 0 Å². The first kappa shape index (κ1) is 21.6. The molecule has 0 bridgehead atoms. The van der Waals surface area contributed by atoms with Gasteiger partial charge in [0.15, 0.2) is 5.96 Å². The number of β-amino-alcohol motifs (C(OH)–C–C–N with tert-alkyl or cyclic N) is 1. The Kier molecular flexibility index (Phi) is 7.52. The van der Waals surface area contributed by atoms with Gasteiger partial charge in [-0.2, -0.15) is 0 Å². The van der Waals surface area contributed by atoms with Crippen molar-refractivity contribution in [1.29, 1.82) is 0 Å². The molecule has 160 valence electrons. The second-order valence-electron chi connectivity index (χ2n) is 8.07. The van der Waals surface area contributed by atoms with E-state index in [9.17, 15) is 5.11 Å². The largest absolute Gasteiger partial charge is 0.387 e. The average molecular weight is 402 g/mol. The molecule has 2 heterocycles. The monoisotopic (exact) mass is 401 g/mol. The highest BCUT2D eigenvalue weighted by Gasteiger charge is 2.25. The van der Waals surface area contributed by atoms with Crippen molar-refractivity contribution in [2.45, 2.75) is 32.8 Å². The van der Waals surface area contributed by atoms with Gasteiger partial charge in [0, 0.05) is 49.8 Å². The van der Waals surface area contributed by atoms with E-state index < -0.39 is 5.60 Å². The van der Waals surface area contributed by atoms with Gasteiger partial charge < -0.3 is 25.5 Å². The normalized spacial score (nSPS) is 18.0. The highest BCUT2D eigenvalue weighted by molar-refractivity contribution is 5.86. The summed E-state index contributed by atoms with van der Waals surface area (Å²) in [4.78, 5) is 10.2. The quantitative estimate of drug-likeness (QED) is 0.399. The number of morpholine rings is 1. The van der Waals surface area contributed by atoms with Gasteiger partial charge >= 0.3 is 0 Å². The standard InChI is InChI=1S/C22H35N5O2/c1-4-23-21(26-15-22(3,28)16-27-10-12-29-13-11-27)24-9-8-18-14-25-20-17(2)6-5-7-19(18)20/h5-7,14,25,28H,4,8-13,15-16H2,1-3H3,(H2,23,24,26). The number of benzene rings is 1. The minimum atomic E-state index is -0.867. The summed E-state index contributed by atoms with van der Waals surface area (Å²) in [5.74, 6) is 0.741. The SMILES string of the molecule is CCNC(=NCC(C)(O)CN1CCOCC1)NCCc1c[nH]c2c(C)cccc12. The highest BCUT2D eigenvalue weighted by Crippen LogP contribution is 2.21. The van der Waals surface area contributed by atoms with Crippen molar-refractivity contribution in [3.05, 3.63) is 35.5 Å². The first-order valence-electron chi connectivity index (χ1n) is 10.6. The summed E-state index contributed by atoms with van der Waals surface area (Å²) in [6, 6.07) is 6.39. The third-order valence-electron chi connectivity index (χ3n) is 5.29. The summed E-state index contributed by atoms with van der Waals surface area (Å²) < 4.78 is 5.38. The van der Waals surface area contributed by atoms with Crippen LogP contribution in [0.5, 0.6) is 0 Å². The third-order valence-corrected chi connectivity index (χ3v) is 5.29. The van der Waals surface area contributed by atoms with Gasteiger partial charge in [-0.15, -0.1) is 0 Å². The van der Waals surface area contributed by atoms with Crippen LogP contribution in [0.15, 0.2) is 29.4 Å². The molecule has 1 aromatic heterocycles. The van der Waals surface area contributed by atoms with E-state index in [1.54, 1.807) is 0 Å². The number of aliphatic imine (C=N–C) groups is 1. The van der Waals surface area contributed by atoms with E-state index in [4.69, 9.17) is 4.74 Å². The van der Waals surface area contributed by atoms with Crippen LogP contribution in [0.1, 0.15) is 25.0 Å². The Morgan fingerprint density at radius 1 is 1.31 bits per heavy atom. The topological polar surface area (TPSA) is 84.9 Å². The molecule has 1 aromatic carbocycles. The summed E-state index contributed by atoms with van der Waals surface area (Å²) in [6.45, 7) is 11.7. The van der Waals surface area contributed by atoms with Crippen LogP contribution >= 0.6 is 0 Å². The number of aryl methyl sites for hydroxylation is 1. The maximum atomic E-state index is 10.8. The molecule has 1 unspecified atom stereocenters. The van der Waals surface area contributed by atoms with E-state index in [0.29, 0.717) is 13.1 Å². The Morgan fingerprint density at radius 2 is 2.10 bits per heavy atom. The highest BCUT2D eigenvalue weighted by atomic mass is 16.5. The van der Waals surface area contributed by atoms with Crippen LogP contribution in [-0.4, -0.2) is 79.0 Å². The van der Waals surface area contributed by atoms with Crippen molar-refractivity contribution in [3.8, 4) is 0 Å². The number of guanidine groups is 1. The fourth-order valence-corrected chi connectivity index (χ4v) is 3.77. The molecular formula is C22H35N5O2. The molecule has 0 spiro atoms. The second kappa shape index (κ2) is 10.1. The van der Waals surface area contributed by atoms with Crippen molar-refractivity contribution in [3.63, 3.8) is 0 Å². The van der Waals surface area contributed by atoms with Gasteiger partial charge in [0.25, 0.3) is 0 Å². The maximum absolute atomic E-state index is 10.8. The van der Waals surface area contributed by atoms with E-state index >= 15 is 0 Å². The van der Waals surface area contributed by atoms with Crippen molar-refractivity contribution in [1.82, 2.24) is 20.5 Å². The van der Waals surface area contributed by atoms with Gasteiger partial charge in [-0.3, -0.25) is 9.89 Å². The number of hydrogen-bond acceptors (Lipinski definition) is 4. The lowest BCUT2D eigenvalue weighted by molar-refractivity contribution is -0.0179. The number of nitrogens with zero attached hydrogens (tertiary/aromatic N) is 2. The van der Waals surface area contributed by atoms with Crippen LogP contribution in [0.25, 0.3) is 10.9 Å². The van der Waals surface area contributed by atoms with E-state index in [1.165, 1.54) is 22.0 Å². The van der Waals surface area contributed by atoms with Crippen LogP contribution in [-0.2, 0) is 11.2 Å². The number of hydrogen-bond donors (Lipinski definition) is 4. The van der Waals surface area contributed by atoms with E-state index in [-0.39, 0.29) is 0 Å². The fourth-order valence-electron chi connectivity index (χ4n) is 3.77. The predicted molar refractivity (Wildman–Crippen MR) is 119 cm³/mol. The molecule has 7 nitrogen and oxygen atoms in total. The number of rotatable bonds is 8. The van der Waals surface area contributed by atoms with Crippen molar-refractivity contribution < 1.29 is 9.84 Å². The van der Waals surface area contributed by atoms with E-state index in [0.717, 1.165) is 51.8 Å². The number of H-pyrrole nitrogens is 1. The minimum absolute atomic E-state index is 0.353. The van der Waals surface area contributed by atoms with Crippen LogP contribution < -0.4 is 10.6 Å². The summed E-state index contributed by atoms with van der Waals surface area (Å²) in [6.07, 6.45) is 2.99. The molecule has 0 aliphatic carbocycles. The Hall–Kier alpha value is -2.09. The Balaban J connectivity index is 1.53. The number of fused-ring (bicyclic) bond motifs is 1. The number of aromatic amines is 1. The summed E-state index contributed by atoms with van der Waals surface area (Å²) in [5, 5.41) is 18.7. The van der Waals surface area contributed by atoms with Gasteiger partial charge in [-0.05, 0) is 38.3 Å². The molecule has 3 rings (SSSR count). The maximum Gasteiger partial charge on any atom is 0.191 e. The number of para-hydroxylation sites is 1. The number of ether oxygens (including phenoxy) is 1. The molecule has 7 heteroatoms. The first-order chi connectivity index (χ1) is 14.0. The molecule has 0 radical (unpaired) electrons. The lowest BCUT2D eigenvalue weighted by Gasteiger charge is -2.33.